The van der Waals surface area contributed by atoms with Crippen molar-refractivity contribution in [3.05, 3.63) is 70.8 Å². The number of esters is 1. The summed E-state index contributed by atoms with van der Waals surface area (Å²) in [6.45, 7) is 5.72. The molecule has 5 nitrogen and oxygen atoms in total. The lowest BCUT2D eigenvalue weighted by Gasteiger charge is -2.17. The molecule has 1 unspecified atom stereocenters. The van der Waals surface area contributed by atoms with Crippen molar-refractivity contribution >= 4 is 35.9 Å². The number of hydrogen-bond donors (Lipinski definition) is 2. The lowest BCUT2D eigenvalue weighted by Crippen LogP contribution is -2.38. The first-order valence-corrected chi connectivity index (χ1v) is 8.71. The van der Waals surface area contributed by atoms with Gasteiger partial charge in [-0.25, -0.2) is 4.79 Å². The molecule has 27 heavy (non-hydrogen) atoms. The number of nitrogens with one attached hydrogen (secondary N) is 2. The van der Waals surface area contributed by atoms with Gasteiger partial charge in [-0.3, -0.25) is 4.99 Å². The highest BCUT2D eigenvalue weighted by Gasteiger charge is 2.08. The minimum atomic E-state index is -0.327. The molecular formula is C21H28IN3O2. The van der Waals surface area contributed by atoms with Crippen LogP contribution in [0.4, 0.5) is 0 Å². The Kier molecular flexibility index (Phi) is 9.85. The van der Waals surface area contributed by atoms with Crippen molar-refractivity contribution in [2.24, 2.45) is 4.99 Å². The number of aliphatic imine (C=N–C) groups is 1. The van der Waals surface area contributed by atoms with Crippen LogP contribution in [-0.2, 0) is 11.3 Å². The van der Waals surface area contributed by atoms with E-state index in [1.165, 1.54) is 18.2 Å². The first-order chi connectivity index (χ1) is 12.5. The highest BCUT2D eigenvalue weighted by molar-refractivity contribution is 14.0. The molecule has 0 aromatic heterocycles. The van der Waals surface area contributed by atoms with Gasteiger partial charge in [-0.15, -0.1) is 24.0 Å². The zero-order chi connectivity index (χ0) is 18.9. The van der Waals surface area contributed by atoms with Crippen LogP contribution in [0.1, 0.15) is 39.9 Å². The second-order valence-electron chi connectivity index (χ2n) is 6.31. The number of carbonyl (C=O) groups is 1. The molecule has 146 valence electrons. The third-order valence-corrected chi connectivity index (χ3v) is 4.25. The summed E-state index contributed by atoms with van der Waals surface area (Å²) < 4.78 is 4.71. The fraction of sp³-hybridized carbons (Fsp3) is 0.333. The van der Waals surface area contributed by atoms with E-state index < -0.39 is 0 Å². The van der Waals surface area contributed by atoms with E-state index in [2.05, 4.69) is 53.7 Å². The minimum absolute atomic E-state index is 0. The summed E-state index contributed by atoms with van der Waals surface area (Å²) in [5.41, 5.74) is 4.19. The standard InChI is InChI=1S/C21H27N3O2.HI/c1-15-6-5-7-19(12-15)16(2)13-23-21(22-3)24-14-17-8-10-18(11-9-17)20(25)26-4;/h5-12,16H,13-14H2,1-4H3,(H2,22,23,24);1H. The first kappa shape index (κ1) is 23.0. The van der Waals surface area contributed by atoms with Gasteiger partial charge in [0.2, 0.25) is 0 Å². The molecule has 0 radical (unpaired) electrons. The van der Waals surface area contributed by atoms with Crippen LogP contribution >= 0.6 is 24.0 Å². The Balaban J connectivity index is 0.00000364. The van der Waals surface area contributed by atoms with E-state index in [1.54, 1.807) is 19.2 Å². The van der Waals surface area contributed by atoms with Crippen LogP contribution < -0.4 is 10.6 Å². The molecule has 2 rings (SSSR count). The number of carbonyl (C=O) groups excluding carboxylic acids is 1. The van der Waals surface area contributed by atoms with E-state index in [0.717, 1.165) is 18.1 Å². The molecule has 0 spiro atoms. The molecule has 1 atom stereocenters. The number of methoxy groups -OCH3 is 1. The van der Waals surface area contributed by atoms with Crippen molar-refractivity contribution in [3.8, 4) is 0 Å². The third kappa shape index (κ3) is 7.21. The molecule has 0 heterocycles. The number of benzene rings is 2. The van der Waals surface area contributed by atoms with Crippen LogP contribution in [0, 0.1) is 6.92 Å². The van der Waals surface area contributed by atoms with Crippen LogP contribution in [0.25, 0.3) is 0 Å². The zero-order valence-electron chi connectivity index (χ0n) is 16.3. The molecule has 0 aliphatic carbocycles. The van der Waals surface area contributed by atoms with Gasteiger partial charge in [0.25, 0.3) is 0 Å². The molecule has 0 fully saturated rings. The monoisotopic (exact) mass is 481 g/mol. The van der Waals surface area contributed by atoms with Crippen molar-refractivity contribution in [1.82, 2.24) is 10.6 Å². The Bertz CT molecular complexity index is 760. The summed E-state index contributed by atoms with van der Waals surface area (Å²) in [6.07, 6.45) is 0. The van der Waals surface area contributed by atoms with Crippen molar-refractivity contribution < 1.29 is 9.53 Å². The summed E-state index contributed by atoms with van der Waals surface area (Å²) in [4.78, 5) is 15.7. The maximum Gasteiger partial charge on any atom is 0.337 e. The molecule has 0 bridgehead atoms. The van der Waals surface area contributed by atoms with E-state index in [0.29, 0.717) is 18.0 Å². The first-order valence-electron chi connectivity index (χ1n) is 8.71. The molecule has 0 aliphatic heterocycles. The van der Waals surface area contributed by atoms with Gasteiger partial charge in [0, 0.05) is 20.1 Å². The maximum absolute atomic E-state index is 11.5. The summed E-state index contributed by atoms with van der Waals surface area (Å²) in [5.74, 6) is 0.807. The number of ether oxygens (including phenoxy) is 1. The summed E-state index contributed by atoms with van der Waals surface area (Å²) >= 11 is 0. The smallest absolute Gasteiger partial charge is 0.337 e. The van der Waals surface area contributed by atoms with Gasteiger partial charge in [-0.2, -0.15) is 0 Å². The van der Waals surface area contributed by atoms with Crippen molar-refractivity contribution in [3.63, 3.8) is 0 Å². The van der Waals surface area contributed by atoms with Gasteiger partial charge < -0.3 is 15.4 Å². The van der Waals surface area contributed by atoms with Gasteiger partial charge in [-0.1, -0.05) is 48.9 Å². The molecule has 6 heteroatoms. The van der Waals surface area contributed by atoms with Gasteiger partial charge in [0.1, 0.15) is 0 Å². The van der Waals surface area contributed by atoms with Crippen molar-refractivity contribution in [2.75, 3.05) is 20.7 Å². The molecule has 0 aliphatic rings. The van der Waals surface area contributed by atoms with Crippen LogP contribution in [-0.4, -0.2) is 32.6 Å². The quantitative estimate of drug-likeness (QED) is 0.285. The largest absolute Gasteiger partial charge is 0.465 e. The van der Waals surface area contributed by atoms with Gasteiger partial charge >= 0.3 is 5.97 Å². The number of nitrogens with zero attached hydrogens (tertiary/aromatic N) is 1. The maximum atomic E-state index is 11.5. The van der Waals surface area contributed by atoms with Crippen LogP contribution in [0.5, 0.6) is 0 Å². The average molecular weight is 481 g/mol. The molecule has 2 aromatic carbocycles. The van der Waals surface area contributed by atoms with E-state index in [-0.39, 0.29) is 29.9 Å². The van der Waals surface area contributed by atoms with Gasteiger partial charge in [0.15, 0.2) is 5.96 Å². The summed E-state index contributed by atoms with van der Waals surface area (Å²) in [6, 6.07) is 15.9. The Hall–Kier alpha value is -2.09. The normalized spacial score (nSPS) is 11.9. The molecule has 2 aromatic rings. The van der Waals surface area contributed by atoms with Gasteiger partial charge in [0.05, 0.1) is 12.7 Å². The zero-order valence-corrected chi connectivity index (χ0v) is 18.6. The average Bonchev–Trinajstić information content (AvgIpc) is 2.67. The van der Waals surface area contributed by atoms with Crippen LogP contribution in [0.15, 0.2) is 53.5 Å². The molecular weight excluding hydrogens is 453 g/mol. The molecule has 0 saturated heterocycles. The van der Waals surface area contributed by atoms with E-state index >= 15 is 0 Å². The Morgan fingerprint density at radius 1 is 1.15 bits per heavy atom. The Labute approximate surface area is 178 Å². The fourth-order valence-electron chi connectivity index (χ4n) is 2.63. The lowest BCUT2D eigenvalue weighted by molar-refractivity contribution is 0.0600. The second-order valence-corrected chi connectivity index (χ2v) is 6.31. The van der Waals surface area contributed by atoms with E-state index in [1.807, 2.05) is 12.1 Å². The molecule has 0 saturated carbocycles. The topological polar surface area (TPSA) is 62.7 Å². The number of aryl methyl sites for hydroxylation is 1. The number of halogens is 1. The Morgan fingerprint density at radius 2 is 1.85 bits per heavy atom. The highest BCUT2D eigenvalue weighted by Crippen LogP contribution is 2.15. The molecule has 0 amide bonds. The number of rotatable bonds is 6. The predicted octanol–water partition coefficient (Wildman–Crippen LogP) is 3.87. The summed E-state index contributed by atoms with van der Waals surface area (Å²) in [7, 11) is 3.14. The van der Waals surface area contributed by atoms with Gasteiger partial charge in [-0.05, 0) is 36.1 Å². The summed E-state index contributed by atoms with van der Waals surface area (Å²) in [5, 5.41) is 6.65. The van der Waals surface area contributed by atoms with Crippen molar-refractivity contribution in [2.45, 2.75) is 26.3 Å². The number of guanidine groups is 1. The Morgan fingerprint density at radius 3 is 2.44 bits per heavy atom. The van der Waals surface area contributed by atoms with E-state index in [4.69, 9.17) is 4.74 Å². The minimum Gasteiger partial charge on any atom is -0.465 e. The predicted molar refractivity (Wildman–Crippen MR) is 121 cm³/mol. The highest BCUT2D eigenvalue weighted by atomic mass is 127. The fourth-order valence-corrected chi connectivity index (χ4v) is 2.63. The third-order valence-electron chi connectivity index (χ3n) is 4.25. The van der Waals surface area contributed by atoms with Crippen molar-refractivity contribution in [1.29, 1.82) is 0 Å². The SMILES string of the molecule is CN=C(NCc1ccc(C(=O)OC)cc1)NCC(C)c1cccc(C)c1.I. The number of hydrogen-bond acceptors (Lipinski definition) is 3. The lowest BCUT2D eigenvalue weighted by atomic mass is 9.99. The van der Waals surface area contributed by atoms with Crippen LogP contribution in [0.2, 0.25) is 0 Å². The van der Waals surface area contributed by atoms with Crippen LogP contribution in [0.3, 0.4) is 0 Å². The second kappa shape index (κ2) is 11.6. The van der Waals surface area contributed by atoms with E-state index in [9.17, 15) is 4.79 Å². The molecule has 2 N–H and O–H groups in total.